The number of benzene rings is 1. The van der Waals surface area contributed by atoms with E-state index in [1.54, 1.807) is 13.1 Å². The maximum Gasteiger partial charge on any atom is 0.244 e. The molecule has 2 N–H and O–H groups in total. The zero-order valence-corrected chi connectivity index (χ0v) is 17.1. The van der Waals surface area contributed by atoms with E-state index in [0.717, 1.165) is 35.9 Å². The van der Waals surface area contributed by atoms with Gasteiger partial charge in [-0.2, -0.15) is 0 Å². The fourth-order valence-corrected chi connectivity index (χ4v) is 3.99. The molecule has 1 aliphatic rings. The number of carbonyl (C=O) groups excluding carboxylic acids is 2. The van der Waals surface area contributed by atoms with Gasteiger partial charge in [-0.1, -0.05) is 31.0 Å². The number of anilines is 1. The summed E-state index contributed by atoms with van der Waals surface area (Å²) in [6.45, 7) is 3.59. The highest BCUT2D eigenvalue weighted by atomic mass is 32.2. The van der Waals surface area contributed by atoms with Crippen LogP contribution in [0.1, 0.15) is 46.0 Å². The highest BCUT2D eigenvalue weighted by molar-refractivity contribution is 8.00. The molecule has 0 aliphatic carbocycles. The van der Waals surface area contributed by atoms with Crippen LogP contribution >= 0.6 is 11.9 Å². The van der Waals surface area contributed by atoms with Crippen molar-refractivity contribution < 1.29 is 9.59 Å². The van der Waals surface area contributed by atoms with E-state index in [-0.39, 0.29) is 17.7 Å². The molecule has 28 heavy (non-hydrogen) atoms. The Morgan fingerprint density at radius 2 is 2.07 bits per heavy atom. The topological polar surface area (TPSA) is 74.3 Å². The highest BCUT2D eigenvalue weighted by Crippen LogP contribution is 2.26. The fourth-order valence-electron chi connectivity index (χ4n) is 3.12. The van der Waals surface area contributed by atoms with Crippen LogP contribution in [0.4, 0.5) is 5.69 Å². The van der Waals surface area contributed by atoms with Crippen molar-refractivity contribution in [2.45, 2.75) is 52.0 Å². The molecule has 1 amide bonds. The molecule has 0 saturated heterocycles. The molecule has 1 aromatic heterocycles. The fraction of sp³-hybridized carbons (Fsp3) is 0.381. The molecular formula is C21H26N4O2S. The number of rotatable bonds is 9. The summed E-state index contributed by atoms with van der Waals surface area (Å²) in [5.41, 5.74) is 5.85. The number of unbranched alkanes of at least 4 members (excludes halogenated alkanes) is 2. The predicted molar refractivity (Wildman–Crippen MR) is 114 cm³/mol. The van der Waals surface area contributed by atoms with Crippen LogP contribution in [-0.4, -0.2) is 27.1 Å². The average Bonchev–Trinajstić information content (AvgIpc) is 3.10. The number of hydrogen-bond donors (Lipinski definition) is 2. The van der Waals surface area contributed by atoms with E-state index in [1.807, 2.05) is 47.1 Å². The number of aromatic nitrogens is 1. The smallest absolute Gasteiger partial charge is 0.244 e. The van der Waals surface area contributed by atoms with E-state index in [1.165, 1.54) is 11.9 Å². The molecular weight excluding hydrogens is 372 g/mol. The first kappa shape index (κ1) is 20.4. The van der Waals surface area contributed by atoms with Gasteiger partial charge in [-0.3, -0.25) is 9.78 Å². The van der Waals surface area contributed by atoms with Crippen LogP contribution in [0.3, 0.4) is 0 Å². The molecule has 0 bridgehead atoms. The molecule has 0 saturated carbocycles. The second-order valence-electron chi connectivity index (χ2n) is 7.07. The number of Topliss-reactive ketones (excluding diaryl/α,β-unsaturated/α-hetero) is 1. The number of para-hydroxylation sites is 1. The van der Waals surface area contributed by atoms with Crippen LogP contribution in [0.2, 0.25) is 0 Å². The Morgan fingerprint density at radius 3 is 2.82 bits per heavy atom. The van der Waals surface area contributed by atoms with Crippen molar-refractivity contribution in [1.29, 1.82) is 0 Å². The van der Waals surface area contributed by atoms with E-state index in [0.29, 0.717) is 18.5 Å². The van der Waals surface area contributed by atoms with Crippen LogP contribution in [0.25, 0.3) is 10.9 Å². The first-order valence-corrected chi connectivity index (χ1v) is 10.4. The Kier molecular flexibility index (Phi) is 7.06. The normalized spacial score (nSPS) is 15.1. The minimum absolute atomic E-state index is 0.0632. The number of nitrogens with zero attached hydrogens (tertiary/aromatic N) is 2. The lowest BCUT2D eigenvalue weighted by atomic mass is 10.1. The second-order valence-corrected chi connectivity index (χ2v) is 7.91. The second kappa shape index (κ2) is 9.71. The third kappa shape index (κ3) is 5.56. The summed E-state index contributed by atoms with van der Waals surface area (Å²) in [7, 11) is 0. The molecule has 148 valence electrons. The summed E-state index contributed by atoms with van der Waals surface area (Å²) in [4.78, 5) is 28.5. The quantitative estimate of drug-likeness (QED) is 0.481. The third-order valence-electron chi connectivity index (χ3n) is 4.58. The van der Waals surface area contributed by atoms with Gasteiger partial charge < -0.3 is 15.5 Å². The number of fused-ring (bicyclic) bond motifs is 1. The van der Waals surface area contributed by atoms with Crippen LogP contribution in [0.15, 0.2) is 47.6 Å². The molecule has 2 aromatic rings. The first-order valence-electron chi connectivity index (χ1n) is 9.57. The summed E-state index contributed by atoms with van der Waals surface area (Å²) < 4.78 is 1.89. The molecule has 2 heterocycles. The lowest BCUT2D eigenvalue weighted by molar-refractivity contribution is -0.120. The van der Waals surface area contributed by atoms with E-state index in [9.17, 15) is 9.59 Å². The van der Waals surface area contributed by atoms with E-state index >= 15 is 0 Å². The van der Waals surface area contributed by atoms with Crippen molar-refractivity contribution >= 4 is 40.2 Å². The molecule has 0 unspecified atom stereocenters. The zero-order chi connectivity index (χ0) is 19.9. The molecule has 1 aliphatic heterocycles. The molecule has 3 rings (SSSR count). The van der Waals surface area contributed by atoms with Gasteiger partial charge in [0.25, 0.3) is 0 Å². The van der Waals surface area contributed by atoms with Gasteiger partial charge in [-0.05, 0) is 50.8 Å². The van der Waals surface area contributed by atoms with E-state index in [4.69, 9.17) is 0 Å². The summed E-state index contributed by atoms with van der Waals surface area (Å²) >= 11 is 1.50. The minimum atomic E-state index is -0.317. The van der Waals surface area contributed by atoms with Crippen LogP contribution < -0.4 is 10.7 Å². The Balaban J connectivity index is 1.63. The number of amides is 1. The Hall–Kier alpha value is -2.38. The average molecular weight is 399 g/mol. The summed E-state index contributed by atoms with van der Waals surface area (Å²) in [5.74, 6) is 0.154. The number of carbonyl (C=O) groups is 2. The van der Waals surface area contributed by atoms with Gasteiger partial charge in [0.2, 0.25) is 5.91 Å². The van der Waals surface area contributed by atoms with Crippen molar-refractivity contribution in [3.63, 3.8) is 0 Å². The van der Waals surface area contributed by atoms with Crippen molar-refractivity contribution in [3.05, 3.63) is 47.6 Å². The maximum atomic E-state index is 13.0. The lowest BCUT2D eigenvalue weighted by Gasteiger charge is -2.26. The van der Waals surface area contributed by atoms with Gasteiger partial charge in [0.15, 0.2) is 0 Å². The number of nitrogens with one attached hydrogen (secondary N) is 2. The zero-order valence-electron chi connectivity index (χ0n) is 16.3. The van der Waals surface area contributed by atoms with Crippen LogP contribution in [-0.2, 0) is 9.59 Å². The number of pyridine rings is 1. The van der Waals surface area contributed by atoms with Crippen LogP contribution in [0, 0.1) is 0 Å². The van der Waals surface area contributed by atoms with Gasteiger partial charge in [0.05, 0.1) is 17.4 Å². The Bertz CT molecular complexity index is 884. The molecule has 0 spiro atoms. The van der Waals surface area contributed by atoms with Gasteiger partial charge >= 0.3 is 0 Å². The monoisotopic (exact) mass is 398 g/mol. The molecule has 0 fully saturated rings. The Labute approximate surface area is 169 Å². The van der Waals surface area contributed by atoms with Crippen molar-refractivity contribution in [3.8, 4) is 0 Å². The number of hydrogen-bond acceptors (Lipinski definition) is 6. The predicted octanol–water partition coefficient (Wildman–Crippen LogP) is 4.41. The van der Waals surface area contributed by atoms with Gasteiger partial charge in [0, 0.05) is 22.9 Å². The van der Waals surface area contributed by atoms with Gasteiger partial charge in [-0.15, -0.1) is 4.41 Å². The van der Waals surface area contributed by atoms with Gasteiger partial charge in [-0.25, -0.2) is 0 Å². The van der Waals surface area contributed by atoms with Crippen molar-refractivity contribution in [2.75, 3.05) is 5.32 Å². The number of hydrazine groups is 1. The number of allylic oxidation sites excluding steroid dienone is 1. The highest BCUT2D eigenvalue weighted by Gasteiger charge is 2.28. The molecule has 6 nitrogen and oxygen atoms in total. The summed E-state index contributed by atoms with van der Waals surface area (Å²) in [6, 6.07) is 9.46. The van der Waals surface area contributed by atoms with Crippen molar-refractivity contribution in [2.24, 2.45) is 0 Å². The summed E-state index contributed by atoms with van der Waals surface area (Å²) in [5, 5.41) is 6.00. The molecule has 1 atom stereocenters. The van der Waals surface area contributed by atoms with E-state index in [2.05, 4.69) is 15.7 Å². The molecule has 0 radical (unpaired) electrons. The minimum Gasteiger partial charge on any atom is -0.323 e. The largest absolute Gasteiger partial charge is 0.323 e. The third-order valence-corrected chi connectivity index (χ3v) is 5.61. The first-order chi connectivity index (χ1) is 13.5. The molecule has 7 heteroatoms. The van der Waals surface area contributed by atoms with E-state index < -0.39 is 0 Å². The standard InChI is InChI=1S/C21H26N4O2S/c1-15-14-28-25(24-15)20(11-5-3-4-8-16(2)26)21(27)23-18-12-17-9-6-7-10-19(17)22-13-18/h6-7,9-10,12-14,20,24H,3-5,8,11H2,1-2H3,(H,23,27)/t20-/m0/s1. The molecule has 1 aromatic carbocycles. The lowest BCUT2D eigenvalue weighted by Crippen LogP contribution is -2.44. The number of ketones is 1. The van der Waals surface area contributed by atoms with Gasteiger partial charge in [0.1, 0.15) is 11.8 Å². The summed E-state index contributed by atoms with van der Waals surface area (Å²) in [6.07, 6.45) is 5.71. The van der Waals surface area contributed by atoms with Crippen LogP contribution in [0.5, 0.6) is 0 Å². The Morgan fingerprint density at radius 1 is 1.25 bits per heavy atom. The van der Waals surface area contributed by atoms with Crippen molar-refractivity contribution in [1.82, 2.24) is 14.8 Å². The maximum absolute atomic E-state index is 13.0. The SMILES string of the molecule is CC(=O)CCCCC[C@@H](C(=O)Nc1cnc2ccccc2c1)N1NC(C)=CS1.